The molecule has 0 bridgehead atoms. The second-order valence-electron chi connectivity index (χ2n) is 5.85. The standard InChI is InChI=1S/C20H23NO6/c1-13-18(20(23)26-5)11-17(27-13)12-21(2)19(22)7-6-14-8-15(24-3)10-16(9-14)25-4/h6-11H,12H2,1-5H3/b7-6+. The second kappa shape index (κ2) is 8.93. The van der Waals surface area contributed by atoms with Crippen LogP contribution < -0.4 is 9.47 Å². The van der Waals surface area contributed by atoms with E-state index >= 15 is 0 Å². The molecule has 1 aromatic carbocycles. The number of hydrogen-bond acceptors (Lipinski definition) is 6. The largest absolute Gasteiger partial charge is 0.497 e. The summed E-state index contributed by atoms with van der Waals surface area (Å²) in [6.45, 7) is 1.90. The monoisotopic (exact) mass is 373 g/mol. The van der Waals surface area contributed by atoms with Gasteiger partial charge in [0.25, 0.3) is 0 Å². The predicted molar refractivity (Wildman–Crippen MR) is 99.8 cm³/mol. The number of methoxy groups -OCH3 is 3. The van der Waals surface area contributed by atoms with Gasteiger partial charge in [0.05, 0.1) is 27.9 Å². The minimum atomic E-state index is -0.469. The van der Waals surface area contributed by atoms with Crippen molar-refractivity contribution in [2.75, 3.05) is 28.4 Å². The van der Waals surface area contributed by atoms with Crippen molar-refractivity contribution in [1.29, 1.82) is 0 Å². The van der Waals surface area contributed by atoms with Gasteiger partial charge in [0.15, 0.2) is 0 Å². The van der Waals surface area contributed by atoms with Crippen molar-refractivity contribution in [2.45, 2.75) is 13.5 Å². The molecule has 1 amide bonds. The molecular formula is C20H23NO6. The van der Waals surface area contributed by atoms with Gasteiger partial charge in [-0.05, 0) is 36.8 Å². The number of carbonyl (C=O) groups is 2. The predicted octanol–water partition coefficient (Wildman–Crippen LogP) is 3.06. The third-order valence-electron chi connectivity index (χ3n) is 3.94. The summed E-state index contributed by atoms with van der Waals surface area (Å²) in [5, 5.41) is 0. The lowest BCUT2D eigenvalue weighted by atomic mass is 10.2. The van der Waals surface area contributed by atoms with Crippen LogP contribution in [0.15, 0.2) is 34.8 Å². The molecule has 1 aromatic heterocycles. The topological polar surface area (TPSA) is 78.2 Å². The van der Waals surface area contributed by atoms with Gasteiger partial charge < -0.3 is 23.5 Å². The molecule has 0 N–H and O–H groups in total. The van der Waals surface area contributed by atoms with Crippen molar-refractivity contribution in [3.05, 3.63) is 53.0 Å². The van der Waals surface area contributed by atoms with Gasteiger partial charge in [-0.3, -0.25) is 4.79 Å². The van der Waals surface area contributed by atoms with E-state index < -0.39 is 5.97 Å². The Bertz CT molecular complexity index is 830. The minimum Gasteiger partial charge on any atom is -0.497 e. The Kier molecular flexibility index (Phi) is 6.65. The van der Waals surface area contributed by atoms with Gasteiger partial charge in [-0.15, -0.1) is 0 Å². The molecule has 27 heavy (non-hydrogen) atoms. The van der Waals surface area contributed by atoms with Gasteiger partial charge in [0, 0.05) is 19.2 Å². The Labute approximate surface area is 158 Å². The zero-order chi connectivity index (χ0) is 20.0. The van der Waals surface area contributed by atoms with Crippen LogP contribution in [0.2, 0.25) is 0 Å². The van der Waals surface area contributed by atoms with Crippen LogP contribution in [0.25, 0.3) is 6.08 Å². The maximum atomic E-state index is 12.4. The number of rotatable bonds is 7. The Hall–Kier alpha value is -3.22. The summed E-state index contributed by atoms with van der Waals surface area (Å²) < 4.78 is 20.7. The molecule has 0 saturated carbocycles. The summed E-state index contributed by atoms with van der Waals surface area (Å²) >= 11 is 0. The maximum Gasteiger partial charge on any atom is 0.341 e. The lowest BCUT2D eigenvalue weighted by Gasteiger charge is -2.13. The number of nitrogens with zero attached hydrogens (tertiary/aromatic N) is 1. The van der Waals surface area contributed by atoms with E-state index in [-0.39, 0.29) is 12.5 Å². The van der Waals surface area contributed by atoms with Gasteiger partial charge in [-0.25, -0.2) is 4.79 Å². The third-order valence-corrected chi connectivity index (χ3v) is 3.94. The molecule has 2 aromatic rings. The van der Waals surface area contributed by atoms with Crippen molar-refractivity contribution >= 4 is 18.0 Å². The average molecular weight is 373 g/mol. The molecule has 0 atom stereocenters. The van der Waals surface area contributed by atoms with Gasteiger partial charge >= 0.3 is 5.97 Å². The van der Waals surface area contributed by atoms with Crippen LogP contribution in [0, 0.1) is 6.92 Å². The number of esters is 1. The van der Waals surface area contributed by atoms with Crippen molar-refractivity contribution in [3.8, 4) is 11.5 Å². The van der Waals surface area contributed by atoms with Crippen LogP contribution in [-0.2, 0) is 16.1 Å². The lowest BCUT2D eigenvalue weighted by molar-refractivity contribution is -0.125. The summed E-state index contributed by atoms with van der Waals surface area (Å²) in [4.78, 5) is 25.5. The van der Waals surface area contributed by atoms with Crippen LogP contribution in [0.3, 0.4) is 0 Å². The zero-order valence-electron chi connectivity index (χ0n) is 16.1. The number of ether oxygens (including phenoxy) is 3. The fraction of sp³-hybridized carbons (Fsp3) is 0.300. The van der Waals surface area contributed by atoms with E-state index in [0.29, 0.717) is 28.6 Å². The molecule has 1 heterocycles. The van der Waals surface area contributed by atoms with Crippen LogP contribution in [0.5, 0.6) is 11.5 Å². The molecule has 0 aliphatic heterocycles. The SMILES string of the molecule is COC(=O)c1cc(CN(C)C(=O)/C=C/c2cc(OC)cc(OC)c2)oc1C. The molecule has 0 unspecified atom stereocenters. The normalized spacial score (nSPS) is 10.7. The van der Waals surface area contributed by atoms with E-state index in [2.05, 4.69) is 0 Å². The summed E-state index contributed by atoms with van der Waals surface area (Å²) in [7, 11) is 6.08. The number of carbonyl (C=O) groups excluding carboxylic acids is 2. The van der Waals surface area contributed by atoms with Crippen molar-refractivity contribution in [1.82, 2.24) is 4.90 Å². The molecule has 7 heteroatoms. The van der Waals surface area contributed by atoms with E-state index in [1.807, 2.05) is 0 Å². The van der Waals surface area contributed by atoms with Crippen LogP contribution >= 0.6 is 0 Å². The van der Waals surface area contributed by atoms with E-state index in [4.69, 9.17) is 18.6 Å². The highest BCUT2D eigenvalue weighted by Gasteiger charge is 2.17. The zero-order valence-corrected chi connectivity index (χ0v) is 16.1. The van der Waals surface area contributed by atoms with Gasteiger partial charge in [0.2, 0.25) is 5.91 Å². The van der Waals surface area contributed by atoms with Gasteiger partial charge in [-0.1, -0.05) is 0 Å². The Morgan fingerprint density at radius 1 is 1.07 bits per heavy atom. The van der Waals surface area contributed by atoms with Crippen molar-refractivity contribution in [2.24, 2.45) is 0 Å². The number of benzene rings is 1. The van der Waals surface area contributed by atoms with Crippen LogP contribution in [0.1, 0.15) is 27.4 Å². The van der Waals surface area contributed by atoms with Crippen molar-refractivity contribution < 1.29 is 28.2 Å². The van der Waals surface area contributed by atoms with E-state index in [0.717, 1.165) is 5.56 Å². The van der Waals surface area contributed by atoms with Crippen molar-refractivity contribution in [3.63, 3.8) is 0 Å². The highest BCUT2D eigenvalue weighted by atomic mass is 16.5. The first kappa shape index (κ1) is 20.1. The molecule has 0 saturated heterocycles. The molecule has 2 rings (SSSR count). The Morgan fingerprint density at radius 3 is 2.26 bits per heavy atom. The van der Waals surface area contributed by atoms with Crippen LogP contribution in [-0.4, -0.2) is 45.2 Å². The number of furan rings is 1. The lowest BCUT2D eigenvalue weighted by Crippen LogP contribution is -2.23. The van der Waals surface area contributed by atoms with E-state index in [9.17, 15) is 9.59 Å². The first-order chi connectivity index (χ1) is 12.9. The van der Waals surface area contributed by atoms with E-state index in [1.54, 1.807) is 58.5 Å². The number of hydrogen-bond donors (Lipinski definition) is 0. The summed E-state index contributed by atoms with van der Waals surface area (Å²) in [6.07, 6.45) is 3.13. The highest BCUT2D eigenvalue weighted by Crippen LogP contribution is 2.23. The highest BCUT2D eigenvalue weighted by molar-refractivity contribution is 5.92. The fourth-order valence-corrected chi connectivity index (χ4v) is 2.47. The third kappa shape index (κ3) is 5.13. The molecule has 0 aliphatic carbocycles. The Balaban J connectivity index is 2.07. The van der Waals surface area contributed by atoms with Gasteiger partial charge in [0.1, 0.15) is 28.6 Å². The summed E-state index contributed by atoms with van der Waals surface area (Å²) in [6, 6.07) is 6.93. The molecule has 7 nitrogen and oxygen atoms in total. The molecular weight excluding hydrogens is 350 g/mol. The first-order valence-electron chi connectivity index (χ1n) is 8.21. The molecule has 0 radical (unpaired) electrons. The Morgan fingerprint density at radius 2 is 1.70 bits per heavy atom. The van der Waals surface area contributed by atoms with E-state index in [1.165, 1.54) is 18.1 Å². The van der Waals surface area contributed by atoms with Crippen LogP contribution in [0.4, 0.5) is 0 Å². The molecule has 0 aliphatic rings. The summed E-state index contributed by atoms with van der Waals surface area (Å²) in [5.74, 6) is 1.54. The molecule has 0 fully saturated rings. The smallest absolute Gasteiger partial charge is 0.341 e. The number of amides is 1. The second-order valence-corrected chi connectivity index (χ2v) is 5.85. The maximum absolute atomic E-state index is 12.4. The van der Waals surface area contributed by atoms with Gasteiger partial charge in [-0.2, -0.15) is 0 Å². The number of aryl methyl sites for hydroxylation is 1. The number of likely N-dealkylation sites (N-methyl/N-ethyl adjacent to an activating group) is 1. The molecule has 144 valence electrons. The molecule has 0 spiro atoms. The minimum absolute atomic E-state index is 0.217. The first-order valence-corrected chi connectivity index (χ1v) is 8.21. The average Bonchev–Trinajstić information content (AvgIpc) is 3.04. The fourth-order valence-electron chi connectivity index (χ4n) is 2.47. The summed E-state index contributed by atoms with van der Waals surface area (Å²) in [5.41, 5.74) is 1.13. The quantitative estimate of drug-likeness (QED) is 0.548.